The van der Waals surface area contributed by atoms with Crippen molar-refractivity contribution in [2.24, 2.45) is 0 Å². The molecule has 5 saturated heterocycles. The Morgan fingerprint density at radius 2 is 0.265 bits per heavy atom. The van der Waals surface area contributed by atoms with E-state index < -0.39 is 70.4 Å². The van der Waals surface area contributed by atoms with Crippen LogP contribution in [0.1, 0.15) is 257 Å². The molecule has 0 amide bonds. The van der Waals surface area contributed by atoms with Crippen molar-refractivity contribution < 1.29 is 49.4 Å². The molecule has 20 heteroatoms. The van der Waals surface area contributed by atoms with Gasteiger partial charge in [-0.1, -0.05) is 154 Å². The predicted octanol–water partition coefficient (Wildman–Crippen LogP) is 14.4. The lowest BCUT2D eigenvalue weighted by atomic mass is 9.99. The molecule has 5 heterocycles. The van der Waals surface area contributed by atoms with Crippen LogP contribution in [-0.4, -0.2) is 70.4 Å². The first-order chi connectivity index (χ1) is 33.3. The maximum Gasteiger partial charge on any atom is 0.649 e. The Balaban J connectivity index is 1.07. The maximum absolute atomic E-state index is 8.40. The van der Waals surface area contributed by atoms with Gasteiger partial charge in [-0.25, -0.2) is 0 Å². The lowest BCUT2D eigenvalue weighted by Crippen LogP contribution is -2.94. The minimum absolute atomic E-state index is 0.290. The number of hydrogen-bond acceptors (Lipinski definition) is 12. The Kier molecular flexibility index (Phi) is 14.1. The molecule has 0 radical (unpaired) electrons. The van der Waals surface area contributed by atoms with Crippen LogP contribution >= 0.6 is 0 Å². The molecule has 68 heavy (non-hydrogen) atoms. The molecule has 0 aromatic heterocycles. The molecule has 4 bridgehead atoms. The van der Waals surface area contributed by atoms with Gasteiger partial charge in [0.2, 0.25) is 0 Å². The van der Waals surface area contributed by atoms with Crippen LogP contribution in [0.4, 0.5) is 0 Å². The lowest BCUT2D eigenvalue weighted by molar-refractivity contribution is -0.112. The van der Waals surface area contributed by atoms with E-state index in [0.717, 1.165) is 103 Å². The smallest absolute Gasteiger partial charge is 0.371 e. The van der Waals surface area contributed by atoms with Crippen molar-refractivity contribution in [2.75, 3.05) is 0 Å². The largest absolute Gasteiger partial charge is 0.649 e. The summed E-state index contributed by atoms with van der Waals surface area (Å²) in [6.45, 7) is 0. The van der Waals surface area contributed by atoms with Gasteiger partial charge in [-0.2, -0.15) is 0 Å². The van der Waals surface area contributed by atoms with Gasteiger partial charge in [0, 0.05) is 44.3 Å². The van der Waals surface area contributed by atoms with Gasteiger partial charge in [0.15, 0.2) is 0 Å². The Bertz CT molecular complexity index is 1370. The molecule has 384 valence electrons. The molecule has 0 aromatic carbocycles. The molecular formula is C48H88O12Si8. The van der Waals surface area contributed by atoms with E-state index in [1.54, 1.807) is 0 Å². The fourth-order valence-corrected chi connectivity index (χ4v) is 73.1. The maximum atomic E-state index is 8.40. The third kappa shape index (κ3) is 8.60. The van der Waals surface area contributed by atoms with E-state index in [-0.39, 0.29) is 44.3 Å². The van der Waals surface area contributed by atoms with E-state index in [1.165, 1.54) is 154 Å². The van der Waals surface area contributed by atoms with Crippen LogP contribution < -0.4 is 0 Å². The minimum atomic E-state index is -4.32. The summed E-state index contributed by atoms with van der Waals surface area (Å²) in [6.07, 6.45) is 47.2. The molecule has 13 aliphatic rings. The zero-order chi connectivity index (χ0) is 45.4. The molecular weight excluding hydrogens is 993 g/mol. The SMILES string of the molecule is C1CCC([Si]2(C3CCCCC3)O[Si]34O[Si]5(O[Si]6(O[Si](O3)(O[Si](C3CCCCC3)(C3CCCCC3)O4)O[Si](C3CCCCC3)(C3CCCCC3)O6)O[Si](C3CCCCC3)(C3CCCCC3)O5)O2)CC1. The lowest BCUT2D eigenvalue weighted by Gasteiger charge is -2.68. The van der Waals surface area contributed by atoms with Crippen molar-refractivity contribution in [2.45, 2.75) is 301 Å². The second-order valence-corrected chi connectivity index (χ2v) is 50.9. The number of rotatable bonds is 8. The van der Waals surface area contributed by atoms with Crippen molar-refractivity contribution in [1.29, 1.82) is 0 Å². The van der Waals surface area contributed by atoms with E-state index in [2.05, 4.69) is 0 Å². The average Bonchev–Trinajstić information content (AvgIpc) is 3.39. The van der Waals surface area contributed by atoms with E-state index >= 15 is 0 Å². The van der Waals surface area contributed by atoms with E-state index in [0.29, 0.717) is 0 Å². The van der Waals surface area contributed by atoms with Crippen LogP contribution in [-0.2, 0) is 49.4 Å². The molecule has 0 aromatic rings. The highest BCUT2D eigenvalue weighted by Gasteiger charge is 2.92. The highest BCUT2D eigenvalue weighted by atomic mass is 28.7. The fourth-order valence-electron chi connectivity index (χ4n) is 17.5. The standard InChI is InChI=1S/C48H88O12Si8/c1-9-25-41(26-10-1)61(42-27-11-2-12-28-42)49-65-51-62(43-29-13-3-14-30-43,44-31-15-4-16-32-44)53-67(58-65)55-64(47-37-21-7-22-38-47,48-39-23-8-24-40-48)56-68(60-67)54-63(45-33-17-5-18-34-45,46-35-19-6-20-36-46)52-66(50-61,57-65)59-68/h41-48H,1-40H2. The normalized spacial score (nSPS) is 41.6. The summed E-state index contributed by atoms with van der Waals surface area (Å²) in [5.74, 6) is 0. The van der Waals surface area contributed by atoms with Gasteiger partial charge in [-0.05, 0) is 103 Å². The van der Waals surface area contributed by atoms with E-state index in [1.807, 2.05) is 0 Å². The summed E-state index contributed by atoms with van der Waals surface area (Å²) in [5, 5.41) is 0. The van der Waals surface area contributed by atoms with Crippen LogP contribution in [0.2, 0.25) is 44.3 Å². The second kappa shape index (κ2) is 19.7. The highest BCUT2D eigenvalue weighted by Crippen LogP contribution is 2.66. The Morgan fingerprint density at radius 1 is 0.147 bits per heavy atom. The van der Waals surface area contributed by atoms with Gasteiger partial charge in [0.05, 0.1) is 0 Å². The van der Waals surface area contributed by atoms with Gasteiger partial charge in [0.25, 0.3) is 0 Å². The molecule has 0 unspecified atom stereocenters. The van der Waals surface area contributed by atoms with E-state index in [4.69, 9.17) is 49.4 Å². The average molecular weight is 1080 g/mol. The molecule has 12 nitrogen and oxygen atoms in total. The van der Waals surface area contributed by atoms with Crippen LogP contribution in [0.3, 0.4) is 0 Å². The summed E-state index contributed by atoms with van der Waals surface area (Å²) < 4.78 is 99.5. The first kappa shape index (κ1) is 48.9. The minimum Gasteiger partial charge on any atom is -0.371 e. The zero-order valence-electron chi connectivity index (χ0n) is 41.8. The van der Waals surface area contributed by atoms with Crippen molar-refractivity contribution in [3.05, 3.63) is 0 Å². The molecule has 13 fully saturated rings. The molecule has 8 saturated carbocycles. The van der Waals surface area contributed by atoms with Gasteiger partial charge in [-0.3, -0.25) is 0 Å². The van der Waals surface area contributed by atoms with Crippen molar-refractivity contribution >= 4 is 70.4 Å². The summed E-state index contributed by atoms with van der Waals surface area (Å²) >= 11 is 0. The van der Waals surface area contributed by atoms with Crippen LogP contribution in [0.5, 0.6) is 0 Å². The monoisotopic (exact) mass is 1080 g/mol. The molecule has 8 aliphatic carbocycles. The quantitative estimate of drug-likeness (QED) is 0.216. The van der Waals surface area contributed by atoms with E-state index in [9.17, 15) is 0 Å². The second-order valence-electron chi connectivity index (χ2n) is 24.8. The van der Waals surface area contributed by atoms with Crippen LogP contribution in [0, 0.1) is 0 Å². The van der Waals surface area contributed by atoms with Gasteiger partial charge < -0.3 is 49.4 Å². The summed E-state index contributed by atoms with van der Waals surface area (Å²) in [5.41, 5.74) is 2.32. The zero-order valence-corrected chi connectivity index (χ0v) is 49.8. The Hall–Kier alpha value is 1.26. The van der Waals surface area contributed by atoms with Crippen molar-refractivity contribution in [1.82, 2.24) is 0 Å². The third-order valence-electron chi connectivity index (χ3n) is 20.7. The summed E-state index contributed by atoms with van der Waals surface area (Å²) in [7, 11) is -30.8. The summed E-state index contributed by atoms with van der Waals surface area (Å²) in [6, 6.07) is 0. The van der Waals surface area contributed by atoms with Gasteiger partial charge in [-0.15, -0.1) is 0 Å². The third-order valence-corrected chi connectivity index (χ3v) is 60.6. The Morgan fingerprint density at radius 3 is 0.382 bits per heavy atom. The molecule has 4 spiro atoms. The van der Waals surface area contributed by atoms with Crippen molar-refractivity contribution in [3.63, 3.8) is 0 Å². The predicted molar refractivity (Wildman–Crippen MR) is 274 cm³/mol. The van der Waals surface area contributed by atoms with Crippen LogP contribution in [0.25, 0.3) is 0 Å². The van der Waals surface area contributed by atoms with Crippen LogP contribution in [0.15, 0.2) is 0 Å². The van der Waals surface area contributed by atoms with Gasteiger partial charge in [0.1, 0.15) is 0 Å². The topological polar surface area (TPSA) is 111 Å². The summed E-state index contributed by atoms with van der Waals surface area (Å²) in [4.78, 5) is 0. The molecule has 13 rings (SSSR count). The van der Waals surface area contributed by atoms with Gasteiger partial charge >= 0.3 is 70.4 Å². The molecule has 0 N–H and O–H groups in total. The molecule has 0 atom stereocenters. The fraction of sp³-hybridized carbons (Fsp3) is 1.00. The first-order valence-corrected chi connectivity index (χ1v) is 44.2. The number of hydrogen-bond donors (Lipinski definition) is 0. The molecule has 5 aliphatic heterocycles. The highest BCUT2D eigenvalue weighted by molar-refractivity contribution is 7.05. The Labute approximate surface area is 418 Å². The van der Waals surface area contributed by atoms with Crippen molar-refractivity contribution in [3.8, 4) is 0 Å². The first-order valence-electron chi connectivity index (χ1n) is 29.7.